The molecule has 2 aromatic heterocycles. The van der Waals surface area contributed by atoms with E-state index < -0.39 is 36.3 Å². The molecule has 0 radical (unpaired) electrons. The van der Waals surface area contributed by atoms with Crippen LogP contribution in [0.4, 0.5) is 10.6 Å². The molecule has 0 aromatic carbocycles. The van der Waals surface area contributed by atoms with Gasteiger partial charge in [-0.2, -0.15) is 4.98 Å². The molecule has 0 bridgehead atoms. The van der Waals surface area contributed by atoms with Crippen molar-refractivity contribution < 1.29 is 24.5 Å². The average Bonchev–Trinajstić information content (AvgIpc) is 2.94. The van der Waals surface area contributed by atoms with Crippen molar-refractivity contribution in [1.29, 1.82) is 0 Å². The van der Waals surface area contributed by atoms with Crippen LogP contribution in [0.3, 0.4) is 0 Å². The van der Waals surface area contributed by atoms with Gasteiger partial charge in [-0.05, 0) is 13.0 Å². The lowest BCUT2D eigenvalue weighted by Gasteiger charge is -2.18. The quantitative estimate of drug-likeness (QED) is 0.625. The molecule has 1 amide bonds. The van der Waals surface area contributed by atoms with Crippen LogP contribution in [0, 0.1) is 12.3 Å². The van der Waals surface area contributed by atoms with Crippen LogP contribution in [0.25, 0.3) is 0 Å². The third-order valence-electron chi connectivity index (χ3n) is 4.17. The molecule has 2 unspecified atom stereocenters. The molecule has 1 aliphatic heterocycles. The first kappa shape index (κ1) is 19.5. The zero-order valence-corrected chi connectivity index (χ0v) is 14.8. The number of carbonyl (C=O) groups excluding carboxylic acids is 1. The van der Waals surface area contributed by atoms with E-state index in [0.29, 0.717) is 5.56 Å². The summed E-state index contributed by atoms with van der Waals surface area (Å²) in [5.74, 6) is 2.14. The van der Waals surface area contributed by atoms with Gasteiger partial charge in [0.15, 0.2) is 12.0 Å². The van der Waals surface area contributed by atoms with Gasteiger partial charge in [0.25, 0.3) is 0 Å². The molecule has 0 spiro atoms. The normalized spacial score (nSPS) is 23.8. The Labute approximate surface area is 159 Å². The fraction of sp³-hybridized carbons (Fsp3) is 0.333. The van der Waals surface area contributed by atoms with E-state index in [-0.39, 0.29) is 18.0 Å². The van der Waals surface area contributed by atoms with E-state index in [2.05, 4.69) is 21.2 Å². The summed E-state index contributed by atoms with van der Waals surface area (Å²) in [5, 5.41) is 22.2. The van der Waals surface area contributed by atoms with Gasteiger partial charge in [-0.3, -0.25) is 14.9 Å². The molecule has 3 rings (SSSR count). The van der Waals surface area contributed by atoms with Gasteiger partial charge in [-0.1, -0.05) is 12.0 Å². The van der Waals surface area contributed by atoms with Crippen molar-refractivity contribution in [2.24, 2.45) is 0 Å². The lowest BCUT2D eigenvalue weighted by atomic mass is 10.1. The van der Waals surface area contributed by atoms with Crippen molar-refractivity contribution in [3.63, 3.8) is 0 Å². The second-order valence-corrected chi connectivity index (χ2v) is 6.11. The van der Waals surface area contributed by atoms with Gasteiger partial charge in [-0.25, -0.2) is 9.59 Å². The predicted octanol–water partition coefficient (Wildman–Crippen LogP) is 0.00740. The fourth-order valence-electron chi connectivity index (χ4n) is 2.67. The Balaban J connectivity index is 1.76. The minimum Gasteiger partial charge on any atom is -0.444 e. The van der Waals surface area contributed by atoms with Gasteiger partial charge in [0.2, 0.25) is 0 Å². The molecule has 10 nitrogen and oxygen atoms in total. The fourth-order valence-corrected chi connectivity index (χ4v) is 2.67. The number of hydrogen-bond acceptors (Lipinski definition) is 8. The summed E-state index contributed by atoms with van der Waals surface area (Å²) in [7, 11) is 0. The van der Waals surface area contributed by atoms with Gasteiger partial charge < -0.3 is 19.7 Å². The standard InChI is InChI=1S/C18H18N4O6/c1-3-12-8-22(16-14(24)13(23)10(2)28-16)17(25)20-15(12)21-18(26)27-9-11-5-4-6-19-7-11/h1,4-8,10,13-14,16,23-24H,9H2,2H3,(H,20,21,25,26)/t10-,13?,14?,16-/m1/s1. The number of carbonyl (C=O) groups is 1. The highest BCUT2D eigenvalue weighted by Crippen LogP contribution is 2.28. The number of amides is 1. The summed E-state index contributed by atoms with van der Waals surface area (Å²) in [4.78, 5) is 31.9. The van der Waals surface area contributed by atoms with Crippen LogP contribution in [0.1, 0.15) is 24.3 Å². The average molecular weight is 386 g/mol. The Hall–Kier alpha value is -3.26. The molecule has 4 atom stereocenters. The first-order valence-electron chi connectivity index (χ1n) is 8.34. The van der Waals surface area contributed by atoms with Gasteiger partial charge in [0.1, 0.15) is 18.8 Å². The first-order chi connectivity index (χ1) is 13.4. The Bertz CT molecular complexity index is 955. The maximum Gasteiger partial charge on any atom is 0.413 e. The van der Waals surface area contributed by atoms with Crippen molar-refractivity contribution in [2.75, 3.05) is 5.32 Å². The maximum atomic E-state index is 12.3. The summed E-state index contributed by atoms with van der Waals surface area (Å²) < 4.78 is 11.4. The molecule has 3 heterocycles. The molecule has 146 valence electrons. The summed E-state index contributed by atoms with van der Waals surface area (Å²) in [5.41, 5.74) is -0.0760. The van der Waals surface area contributed by atoms with Crippen LogP contribution >= 0.6 is 0 Å². The Kier molecular flexibility index (Phi) is 5.70. The topological polar surface area (TPSA) is 136 Å². The van der Waals surface area contributed by atoms with E-state index >= 15 is 0 Å². The molecule has 1 fully saturated rings. The molecule has 1 saturated heterocycles. The van der Waals surface area contributed by atoms with Crippen molar-refractivity contribution in [2.45, 2.75) is 38.1 Å². The van der Waals surface area contributed by atoms with Crippen LogP contribution in [0.5, 0.6) is 0 Å². The SMILES string of the molecule is C#Cc1cn([C@@H]2O[C@H](C)C(O)C2O)c(=O)nc1NC(=O)OCc1cccnc1. The second-order valence-electron chi connectivity index (χ2n) is 6.11. The Morgan fingerprint density at radius 2 is 2.25 bits per heavy atom. The number of pyridine rings is 1. The number of nitrogens with zero attached hydrogens (tertiary/aromatic N) is 3. The zero-order valence-electron chi connectivity index (χ0n) is 14.8. The Morgan fingerprint density at radius 3 is 2.86 bits per heavy atom. The third kappa shape index (κ3) is 4.01. The van der Waals surface area contributed by atoms with E-state index in [9.17, 15) is 19.8 Å². The van der Waals surface area contributed by atoms with Crippen LogP contribution in [0.2, 0.25) is 0 Å². The molecular formula is C18H18N4O6. The number of terminal acetylenes is 1. The Morgan fingerprint density at radius 1 is 1.46 bits per heavy atom. The summed E-state index contributed by atoms with van der Waals surface area (Å²) in [6.45, 7) is 1.53. The van der Waals surface area contributed by atoms with E-state index in [1.54, 1.807) is 31.5 Å². The van der Waals surface area contributed by atoms with Gasteiger partial charge >= 0.3 is 11.8 Å². The van der Waals surface area contributed by atoms with Crippen LogP contribution in [0.15, 0.2) is 35.5 Å². The predicted molar refractivity (Wildman–Crippen MR) is 96.1 cm³/mol. The van der Waals surface area contributed by atoms with Gasteiger partial charge in [0, 0.05) is 24.2 Å². The highest BCUT2D eigenvalue weighted by atomic mass is 16.6. The number of anilines is 1. The number of aliphatic hydroxyl groups is 2. The summed E-state index contributed by atoms with van der Waals surface area (Å²) in [6, 6.07) is 3.43. The van der Waals surface area contributed by atoms with Crippen molar-refractivity contribution in [3.05, 3.63) is 52.3 Å². The maximum absolute atomic E-state index is 12.3. The van der Waals surface area contributed by atoms with Crippen LogP contribution < -0.4 is 11.0 Å². The second kappa shape index (κ2) is 8.18. The highest BCUT2D eigenvalue weighted by Gasteiger charge is 2.42. The van der Waals surface area contributed by atoms with E-state index in [1.807, 2.05) is 0 Å². The van der Waals surface area contributed by atoms with Crippen LogP contribution in [-0.2, 0) is 16.1 Å². The van der Waals surface area contributed by atoms with Crippen molar-refractivity contribution in [1.82, 2.24) is 14.5 Å². The summed E-state index contributed by atoms with van der Waals surface area (Å²) >= 11 is 0. The summed E-state index contributed by atoms with van der Waals surface area (Å²) in [6.07, 6.45) is 4.61. The van der Waals surface area contributed by atoms with Crippen molar-refractivity contribution in [3.8, 4) is 12.3 Å². The molecule has 3 N–H and O–H groups in total. The van der Waals surface area contributed by atoms with Gasteiger partial charge in [0.05, 0.1) is 11.7 Å². The minimum atomic E-state index is -1.33. The van der Waals surface area contributed by atoms with E-state index in [1.165, 1.54) is 6.20 Å². The largest absolute Gasteiger partial charge is 0.444 e. The zero-order chi connectivity index (χ0) is 20.3. The molecular weight excluding hydrogens is 368 g/mol. The highest BCUT2D eigenvalue weighted by molar-refractivity contribution is 5.84. The number of ether oxygens (including phenoxy) is 2. The van der Waals surface area contributed by atoms with Gasteiger partial charge in [-0.15, -0.1) is 6.42 Å². The van der Waals surface area contributed by atoms with E-state index in [0.717, 1.165) is 4.57 Å². The monoisotopic (exact) mass is 386 g/mol. The number of rotatable bonds is 4. The molecule has 1 aliphatic rings. The van der Waals surface area contributed by atoms with Crippen LogP contribution in [-0.4, -0.2) is 49.2 Å². The molecule has 2 aromatic rings. The molecule has 10 heteroatoms. The smallest absolute Gasteiger partial charge is 0.413 e. The molecule has 0 aliphatic carbocycles. The first-order valence-corrected chi connectivity index (χ1v) is 8.34. The van der Waals surface area contributed by atoms with E-state index in [4.69, 9.17) is 15.9 Å². The third-order valence-corrected chi connectivity index (χ3v) is 4.17. The number of hydrogen-bond donors (Lipinski definition) is 3. The number of nitrogens with one attached hydrogen (secondary N) is 1. The van der Waals surface area contributed by atoms with Crippen molar-refractivity contribution >= 4 is 11.9 Å². The molecule has 0 saturated carbocycles. The lowest BCUT2D eigenvalue weighted by Crippen LogP contribution is -2.36. The number of aliphatic hydroxyl groups excluding tert-OH is 2. The molecule has 28 heavy (non-hydrogen) atoms. The number of aromatic nitrogens is 3. The minimum absolute atomic E-state index is 0.0278. The lowest BCUT2D eigenvalue weighted by molar-refractivity contribution is -0.0350.